The van der Waals surface area contributed by atoms with Crippen LogP contribution >= 0.6 is 11.6 Å². The molecule has 2 atom stereocenters. The average molecular weight is 281 g/mol. The highest BCUT2D eigenvalue weighted by molar-refractivity contribution is 6.31. The van der Waals surface area contributed by atoms with E-state index in [4.69, 9.17) is 22.7 Å². The lowest BCUT2D eigenvalue weighted by Crippen LogP contribution is -2.34. The molecule has 0 amide bonds. The maximum absolute atomic E-state index is 7.70. The second-order valence-electron chi connectivity index (χ2n) is 5.49. The summed E-state index contributed by atoms with van der Waals surface area (Å²) < 4.78 is 0. The monoisotopic (exact) mass is 280 g/mol. The van der Waals surface area contributed by atoms with Crippen molar-refractivity contribution in [3.63, 3.8) is 0 Å². The summed E-state index contributed by atoms with van der Waals surface area (Å²) >= 11 is 6.00. The second-order valence-corrected chi connectivity index (χ2v) is 5.92. The lowest BCUT2D eigenvalue weighted by Gasteiger charge is -2.24. The van der Waals surface area contributed by atoms with Crippen molar-refractivity contribution in [3.05, 3.63) is 28.8 Å². The van der Waals surface area contributed by atoms with Crippen molar-refractivity contribution in [2.24, 2.45) is 11.7 Å². The Morgan fingerprint density at radius 2 is 2.11 bits per heavy atom. The summed E-state index contributed by atoms with van der Waals surface area (Å²) in [4.78, 5) is 4.55. The van der Waals surface area contributed by atoms with Crippen LogP contribution in [0.3, 0.4) is 0 Å². The zero-order valence-electron chi connectivity index (χ0n) is 11.7. The number of nitrogen functional groups attached to an aromatic ring is 1. The molecule has 5 heteroatoms. The van der Waals surface area contributed by atoms with Gasteiger partial charge in [0.2, 0.25) is 0 Å². The molecular weight excluding hydrogens is 260 g/mol. The van der Waals surface area contributed by atoms with E-state index in [1.165, 1.54) is 0 Å². The number of hydrogen-bond donors (Lipinski definition) is 2. The Labute approximate surface area is 119 Å². The van der Waals surface area contributed by atoms with E-state index in [9.17, 15) is 0 Å². The predicted molar refractivity (Wildman–Crippen MR) is 81.3 cm³/mol. The Morgan fingerprint density at radius 3 is 2.63 bits per heavy atom. The highest BCUT2D eigenvalue weighted by Crippen LogP contribution is 2.30. The van der Waals surface area contributed by atoms with Gasteiger partial charge in [-0.3, -0.25) is 5.41 Å². The number of nitrogens with two attached hydrogens (primary N) is 1. The van der Waals surface area contributed by atoms with Gasteiger partial charge >= 0.3 is 0 Å². The lowest BCUT2D eigenvalue weighted by molar-refractivity contribution is 0.266. The lowest BCUT2D eigenvalue weighted by atomic mass is 10.1. The summed E-state index contributed by atoms with van der Waals surface area (Å²) in [6, 6.07) is 6.11. The minimum Gasteiger partial charge on any atom is -0.384 e. The van der Waals surface area contributed by atoms with Crippen LogP contribution in [0, 0.1) is 11.3 Å². The van der Waals surface area contributed by atoms with Crippen LogP contribution in [0.2, 0.25) is 5.02 Å². The molecule has 4 nitrogen and oxygen atoms in total. The minimum absolute atomic E-state index is 0.0680. The summed E-state index contributed by atoms with van der Waals surface area (Å²) in [7, 11) is 4.22. The Morgan fingerprint density at radius 1 is 1.42 bits per heavy atom. The summed E-state index contributed by atoms with van der Waals surface area (Å²) in [6.07, 6.45) is 0. The van der Waals surface area contributed by atoms with Crippen molar-refractivity contribution in [3.8, 4) is 0 Å². The zero-order chi connectivity index (χ0) is 14.2. The van der Waals surface area contributed by atoms with E-state index in [0.717, 1.165) is 24.3 Å². The standard InChI is InChI=1S/C14H21ClN4/c1-9-7-19(8-13(9)18(2)3)12-5-4-10(15)6-11(12)14(16)17/h4-6,9,13H,7-8H2,1-3H3,(H3,16,17). The van der Waals surface area contributed by atoms with Crippen LogP contribution in [0.5, 0.6) is 0 Å². The largest absolute Gasteiger partial charge is 0.384 e. The number of anilines is 1. The molecule has 104 valence electrons. The third-order valence-electron chi connectivity index (χ3n) is 3.83. The molecule has 0 aromatic heterocycles. The Hall–Kier alpha value is -1.26. The maximum Gasteiger partial charge on any atom is 0.124 e. The fraction of sp³-hybridized carbons (Fsp3) is 0.500. The summed E-state index contributed by atoms with van der Waals surface area (Å²) in [5.74, 6) is 0.656. The van der Waals surface area contributed by atoms with Crippen LogP contribution in [0.25, 0.3) is 0 Å². The normalized spacial score (nSPS) is 23.1. The predicted octanol–water partition coefficient (Wildman–Crippen LogP) is 2.01. The fourth-order valence-electron chi connectivity index (χ4n) is 2.82. The molecule has 1 aromatic carbocycles. The molecule has 1 saturated heterocycles. The van der Waals surface area contributed by atoms with Crippen molar-refractivity contribution in [2.45, 2.75) is 13.0 Å². The molecule has 0 spiro atoms. The van der Waals surface area contributed by atoms with Gasteiger partial charge in [-0.25, -0.2) is 0 Å². The number of benzene rings is 1. The first-order valence-corrected chi connectivity index (χ1v) is 6.83. The molecule has 0 radical (unpaired) electrons. The number of nitrogens with zero attached hydrogens (tertiary/aromatic N) is 2. The van der Waals surface area contributed by atoms with Crippen molar-refractivity contribution in [2.75, 3.05) is 32.1 Å². The summed E-state index contributed by atoms with van der Waals surface area (Å²) in [5, 5.41) is 8.32. The van der Waals surface area contributed by atoms with Crippen LogP contribution in [-0.4, -0.2) is 44.0 Å². The first-order chi connectivity index (χ1) is 8.90. The molecule has 0 bridgehead atoms. The molecule has 1 fully saturated rings. The Balaban J connectivity index is 2.31. The molecule has 3 N–H and O–H groups in total. The van der Waals surface area contributed by atoms with Crippen LogP contribution in [0.15, 0.2) is 18.2 Å². The number of nitrogens with one attached hydrogen (secondary N) is 1. The van der Waals surface area contributed by atoms with E-state index in [-0.39, 0.29) is 5.84 Å². The van der Waals surface area contributed by atoms with Gasteiger partial charge in [0, 0.05) is 35.4 Å². The molecule has 2 rings (SSSR count). The van der Waals surface area contributed by atoms with Crippen molar-refractivity contribution < 1.29 is 0 Å². The summed E-state index contributed by atoms with van der Waals surface area (Å²) in [5.41, 5.74) is 7.40. The average Bonchev–Trinajstić information content (AvgIpc) is 2.71. The number of hydrogen-bond acceptors (Lipinski definition) is 3. The summed E-state index contributed by atoms with van der Waals surface area (Å²) in [6.45, 7) is 4.19. The first-order valence-electron chi connectivity index (χ1n) is 6.45. The molecule has 19 heavy (non-hydrogen) atoms. The van der Waals surface area contributed by atoms with E-state index < -0.39 is 0 Å². The van der Waals surface area contributed by atoms with Gasteiger partial charge in [-0.15, -0.1) is 0 Å². The SMILES string of the molecule is CC1CN(c2ccc(Cl)cc2C(=N)N)CC1N(C)C. The van der Waals surface area contributed by atoms with E-state index in [0.29, 0.717) is 17.0 Å². The van der Waals surface area contributed by atoms with E-state index in [2.05, 4.69) is 30.8 Å². The topological polar surface area (TPSA) is 56.4 Å². The van der Waals surface area contributed by atoms with Gasteiger partial charge in [-0.05, 0) is 38.2 Å². The van der Waals surface area contributed by atoms with Crippen molar-refractivity contribution in [1.82, 2.24) is 4.90 Å². The third-order valence-corrected chi connectivity index (χ3v) is 4.06. The van der Waals surface area contributed by atoms with Gasteiger partial charge in [0.05, 0.1) is 0 Å². The van der Waals surface area contributed by atoms with Crippen LogP contribution in [0.1, 0.15) is 12.5 Å². The van der Waals surface area contributed by atoms with Crippen molar-refractivity contribution in [1.29, 1.82) is 5.41 Å². The van der Waals surface area contributed by atoms with Crippen molar-refractivity contribution >= 4 is 23.1 Å². The van der Waals surface area contributed by atoms with Crippen LogP contribution in [0.4, 0.5) is 5.69 Å². The number of likely N-dealkylation sites (N-methyl/N-ethyl adjacent to an activating group) is 1. The number of amidine groups is 1. The Kier molecular flexibility index (Phi) is 4.02. The van der Waals surface area contributed by atoms with Gasteiger partial charge in [-0.2, -0.15) is 0 Å². The quantitative estimate of drug-likeness (QED) is 0.658. The van der Waals surface area contributed by atoms with E-state index in [1.807, 2.05) is 12.1 Å². The molecule has 0 aliphatic carbocycles. The number of halogens is 1. The van der Waals surface area contributed by atoms with Crippen LogP contribution < -0.4 is 10.6 Å². The maximum atomic E-state index is 7.70. The van der Waals surface area contributed by atoms with Gasteiger partial charge in [-0.1, -0.05) is 18.5 Å². The smallest absolute Gasteiger partial charge is 0.124 e. The first kappa shape index (κ1) is 14.2. The minimum atomic E-state index is 0.0680. The molecule has 2 unspecified atom stereocenters. The zero-order valence-corrected chi connectivity index (χ0v) is 12.4. The van der Waals surface area contributed by atoms with E-state index >= 15 is 0 Å². The molecular formula is C14H21ClN4. The molecule has 0 saturated carbocycles. The van der Waals surface area contributed by atoms with Gasteiger partial charge in [0.15, 0.2) is 0 Å². The van der Waals surface area contributed by atoms with Gasteiger partial charge < -0.3 is 15.5 Å². The molecule has 1 heterocycles. The third kappa shape index (κ3) is 2.85. The molecule has 1 aromatic rings. The second kappa shape index (κ2) is 5.39. The molecule has 1 aliphatic rings. The molecule has 1 aliphatic heterocycles. The Bertz CT molecular complexity index is 486. The highest BCUT2D eigenvalue weighted by atomic mass is 35.5. The van der Waals surface area contributed by atoms with Gasteiger partial charge in [0.1, 0.15) is 5.84 Å². The number of rotatable bonds is 3. The van der Waals surface area contributed by atoms with Crippen LogP contribution in [-0.2, 0) is 0 Å². The highest BCUT2D eigenvalue weighted by Gasteiger charge is 2.32. The fourth-order valence-corrected chi connectivity index (χ4v) is 2.99. The van der Waals surface area contributed by atoms with Gasteiger partial charge in [0.25, 0.3) is 0 Å². The van der Waals surface area contributed by atoms with E-state index in [1.54, 1.807) is 6.07 Å².